The third-order valence-corrected chi connectivity index (χ3v) is 7.18. The van der Waals surface area contributed by atoms with Crippen molar-refractivity contribution in [3.63, 3.8) is 0 Å². The van der Waals surface area contributed by atoms with Gasteiger partial charge in [0.05, 0.1) is 32.2 Å². The fourth-order valence-electron chi connectivity index (χ4n) is 4.33. The van der Waals surface area contributed by atoms with Crippen molar-refractivity contribution in [2.24, 2.45) is 14.1 Å². The van der Waals surface area contributed by atoms with Crippen molar-refractivity contribution in [2.45, 2.75) is 6.18 Å². The summed E-state index contributed by atoms with van der Waals surface area (Å²) in [4.78, 5) is 23.2. The average molecular weight is 742 g/mol. The lowest BCUT2D eigenvalue weighted by atomic mass is 10.1. The maximum atomic E-state index is 12.2. The van der Waals surface area contributed by atoms with Gasteiger partial charge in [-0.3, -0.25) is 8.80 Å². The molecule has 0 aliphatic carbocycles. The minimum absolute atomic E-state index is 0.350. The molecule has 46 heavy (non-hydrogen) atoms. The number of hydrogen-bond donors (Lipinski definition) is 2. The summed E-state index contributed by atoms with van der Waals surface area (Å²) >= 11 is 2.24. The van der Waals surface area contributed by atoms with Crippen molar-refractivity contribution >= 4 is 45.6 Å². The number of nitrogens with one attached hydrogen (secondary N) is 2. The SMILES string of the molecule is Cn1nnc(-c2ccn3c(-c4cccc(NC(=O)NCC(F)(F)F)c4)cnc3c2)n1.Cn1nnc(-c2ccn3c(I)cnc3c2)n1. The topological polar surface area (TPSA) is 163 Å². The van der Waals surface area contributed by atoms with Crippen molar-refractivity contribution in [3.05, 3.63) is 77.0 Å². The predicted molar refractivity (Wildman–Crippen MR) is 167 cm³/mol. The number of benzene rings is 1. The van der Waals surface area contributed by atoms with Crippen LogP contribution < -0.4 is 10.6 Å². The van der Waals surface area contributed by atoms with Crippen LogP contribution in [0.2, 0.25) is 0 Å². The number of imidazole rings is 2. The third kappa shape index (κ3) is 6.92. The van der Waals surface area contributed by atoms with E-state index in [1.165, 1.54) is 9.59 Å². The van der Waals surface area contributed by atoms with E-state index in [-0.39, 0.29) is 0 Å². The lowest BCUT2D eigenvalue weighted by molar-refractivity contribution is -0.122. The second kappa shape index (κ2) is 12.5. The molecule has 2 amide bonds. The number of amides is 2. The van der Waals surface area contributed by atoms with Crippen LogP contribution in [0.5, 0.6) is 0 Å². The van der Waals surface area contributed by atoms with Crippen LogP contribution in [0, 0.1) is 3.70 Å². The monoisotopic (exact) mass is 742 g/mol. The molecule has 0 radical (unpaired) electrons. The number of tetrazole rings is 2. The normalized spacial score (nSPS) is 11.4. The van der Waals surface area contributed by atoms with Crippen molar-refractivity contribution in [1.82, 2.24) is 64.5 Å². The van der Waals surface area contributed by atoms with Gasteiger partial charge in [0.2, 0.25) is 11.6 Å². The molecule has 7 aromatic rings. The summed E-state index contributed by atoms with van der Waals surface area (Å²) in [6.45, 7) is -1.41. The summed E-state index contributed by atoms with van der Waals surface area (Å²) in [5.74, 6) is 1.09. The van der Waals surface area contributed by atoms with E-state index in [1.807, 2.05) is 45.5 Å². The highest BCUT2D eigenvalue weighted by atomic mass is 127. The summed E-state index contributed by atoms with van der Waals surface area (Å²) < 4.78 is 41.6. The molecule has 6 heterocycles. The molecule has 0 saturated carbocycles. The minimum Gasteiger partial charge on any atom is -0.329 e. The molecule has 0 fully saturated rings. The summed E-state index contributed by atoms with van der Waals surface area (Å²) in [6.07, 6.45) is 2.76. The van der Waals surface area contributed by atoms with Gasteiger partial charge < -0.3 is 10.6 Å². The maximum Gasteiger partial charge on any atom is 0.405 e. The number of fused-ring (bicyclic) bond motifs is 2. The van der Waals surface area contributed by atoms with E-state index < -0.39 is 18.8 Å². The lowest BCUT2D eigenvalue weighted by Gasteiger charge is -2.10. The number of halogens is 4. The fraction of sp³-hybridized carbons (Fsp3) is 0.148. The number of aryl methyl sites for hydroxylation is 2. The molecule has 0 aliphatic heterocycles. The van der Waals surface area contributed by atoms with E-state index in [2.05, 4.69) is 68.7 Å². The van der Waals surface area contributed by atoms with Crippen LogP contribution >= 0.6 is 22.6 Å². The van der Waals surface area contributed by atoms with Gasteiger partial charge in [0, 0.05) is 34.8 Å². The molecule has 0 saturated heterocycles. The van der Waals surface area contributed by atoms with Gasteiger partial charge in [0.25, 0.3) is 0 Å². The Morgan fingerprint density at radius 2 is 1.43 bits per heavy atom. The van der Waals surface area contributed by atoms with Gasteiger partial charge >= 0.3 is 12.2 Å². The molecule has 234 valence electrons. The van der Waals surface area contributed by atoms with E-state index in [1.54, 1.807) is 56.1 Å². The smallest absolute Gasteiger partial charge is 0.329 e. The molecular formula is C27H22F3IN14O. The van der Waals surface area contributed by atoms with Gasteiger partial charge in [-0.05, 0) is 69.4 Å². The molecular weight excluding hydrogens is 720 g/mol. The number of rotatable bonds is 5. The first kappa shape index (κ1) is 30.6. The Morgan fingerprint density at radius 1 is 0.826 bits per heavy atom. The molecule has 0 aliphatic rings. The van der Waals surface area contributed by atoms with Gasteiger partial charge in [0.15, 0.2) is 0 Å². The van der Waals surface area contributed by atoms with Gasteiger partial charge in [-0.25, -0.2) is 14.8 Å². The van der Waals surface area contributed by atoms with Crippen molar-refractivity contribution in [2.75, 3.05) is 11.9 Å². The van der Waals surface area contributed by atoms with Crippen LogP contribution in [-0.2, 0) is 14.1 Å². The second-order valence-electron chi connectivity index (χ2n) is 9.72. The number of pyridine rings is 2. The molecule has 0 bridgehead atoms. The summed E-state index contributed by atoms with van der Waals surface area (Å²) in [7, 11) is 3.42. The van der Waals surface area contributed by atoms with Crippen LogP contribution in [0.1, 0.15) is 0 Å². The van der Waals surface area contributed by atoms with E-state index in [4.69, 9.17) is 0 Å². The average Bonchev–Trinajstić information content (AvgIpc) is 3.83. The number of urea groups is 1. The van der Waals surface area contributed by atoms with Crippen molar-refractivity contribution in [1.29, 1.82) is 0 Å². The number of alkyl halides is 3. The number of aromatic nitrogens is 12. The summed E-state index contributed by atoms with van der Waals surface area (Å²) in [5.41, 5.74) is 5.02. The zero-order chi connectivity index (χ0) is 32.4. The zero-order valence-electron chi connectivity index (χ0n) is 23.9. The van der Waals surface area contributed by atoms with Crippen molar-refractivity contribution < 1.29 is 18.0 Å². The number of hydrogen-bond acceptors (Lipinski definition) is 9. The van der Waals surface area contributed by atoms with E-state index in [9.17, 15) is 18.0 Å². The first-order valence-corrected chi connectivity index (χ1v) is 14.4. The molecule has 0 atom stereocenters. The Bertz CT molecular complexity index is 2170. The van der Waals surface area contributed by atoms with Crippen LogP contribution in [0.4, 0.5) is 23.7 Å². The highest BCUT2D eigenvalue weighted by Gasteiger charge is 2.27. The standard InChI is InChI=1S/C18H15F3N8O.C9H7IN6/c1-28-26-16(25-27-28)12-5-6-29-14(9-22-15(29)8-12)11-3-2-4-13(7-11)24-17(30)23-10-18(19,20)21;1-15-13-9(12-14-15)6-2-3-16-7(10)5-11-8(16)4-6/h2-9H,10H2,1H3,(H2,23,24,30);2-5H,1H3. The maximum absolute atomic E-state index is 12.2. The summed E-state index contributed by atoms with van der Waals surface area (Å²) in [5, 5.41) is 28.0. The Kier molecular flexibility index (Phi) is 8.30. The Labute approximate surface area is 270 Å². The first-order valence-electron chi connectivity index (χ1n) is 13.3. The van der Waals surface area contributed by atoms with E-state index in [0.29, 0.717) is 23.0 Å². The molecule has 0 unspecified atom stereocenters. The fourth-order valence-corrected chi connectivity index (χ4v) is 4.88. The van der Waals surface area contributed by atoms with Gasteiger partial charge in [0.1, 0.15) is 21.5 Å². The van der Waals surface area contributed by atoms with Crippen LogP contribution in [-0.4, -0.2) is 77.9 Å². The number of carbonyl (C=O) groups is 1. The Hall–Kier alpha value is -5.47. The Morgan fingerprint density at radius 3 is 2.04 bits per heavy atom. The largest absolute Gasteiger partial charge is 0.405 e. The zero-order valence-corrected chi connectivity index (χ0v) is 26.1. The second-order valence-corrected chi connectivity index (χ2v) is 10.8. The number of anilines is 1. The highest BCUT2D eigenvalue weighted by Crippen LogP contribution is 2.26. The molecule has 7 rings (SSSR count). The molecule has 1 aromatic carbocycles. The quantitative estimate of drug-likeness (QED) is 0.248. The molecule has 15 nitrogen and oxygen atoms in total. The number of nitrogens with zero attached hydrogens (tertiary/aromatic N) is 12. The number of carbonyl (C=O) groups excluding carboxylic acids is 1. The van der Waals surface area contributed by atoms with Gasteiger partial charge in [-0.1, -0.05) is 12.1 Å². The van der Waals surface area contributed by atoms with Gasteiger partial charge in [-0.15, -0.1) is 20.4 Å². The molecule has 19 heteroatoms. The van der Waals surface area contributed by atoms with E-state index >= 15 is 0 Å². The van der Waals surface area contributed by atoms with Crippen LogP contribution in [0.3, 0.4) is 0 Å². The highest BCUT2D eigenvalue weighted by molar-refractivity contribution is 14.1. The van der Waals surface area contributed by atoms with Crippen LogP contribution in [0.15, 0.2) is 73.3 Å². The van der Waals surface area contributed by atoms with E-state index in [0.717, 1.165) is 31.7 Å². The van der Waals surface area contributed by atoms with Crippen LogP contribution in [0.25, 0.3) is 45.3 Å². The molecule has 0 spiro atoms. The van der Waals surface area contributed by atoms with Gasteiger partial charge in [-0.2, -0.15) is 22.8 Å². The lowest BCUT2D eigenvalue weighted by Crippen LogP contribution is -2.36. The van der Waals surface area contributed by atoms with Crippen molar-refractivity contribution in [3.8, 4) is 34.0 Å². The first-order chi connectivity index (χ1) is 22.0. The Balaban J connectivity index is 0.000000194. The third-order valence-electron chi connectivity index (χ3n) is 6.38. The molecule has 6 aromatic heterocycles. The minimum atomic E-state index is -4.48. The molecule has 2 N–H and O–H groups in total. The summed E-state index contributed by atoms with van der Waals surface area (Å²) in [6, 6.07) is 13.3. The predicted octanol–water partition coefficient (Wildman–Crippen LogP) is 4.01.